The highest BCUT2D eigenvalue weighted by Gasteiger charge is 2.22. The third-order valence-electron chi connectivity index (χ3n) is 4.01. The number of carbonyl (C=O) groups is 1. The number of benzene rings is 2. The molecule has 0 fully saturated rings. The maximum atomic E-state index is 12.7. The second-order valence-corrected chi connectivity index (χ2v) is 6.34. The van der Waals surface area contributed by atoms with Crippen LogP contribution in [0.2, 0.25) is 10.0 Å². The van der Waals surface area contributed by atoms with E-state index in [1.807, 2.05) is 25.2 Å². The Kier molecular flexibility index (Phi) is 4.43. The number of ketones is 1. The number of rotatable bonds is 4. The van der Waals surface area contributed by atoms with Crippen molar-refractivity contribution < 1.29 is 9.21 Å². The maximum absolute atomic E-state index is 12.7. The molecule has 6 heteroatoms. The van der Waals surface area contributed by atoms with Crippen molar-refractivity contribution >= 4 is 51.3 Å². The molecule has 0 aliphatic carbocycles. The van der Waals surface area contributed by atoms with Gasteiger partial charge in [0.1, 0.15) is 5.58 Å². The maximum Gasteiger partial charge on any atom is 0.231 e. The van der Waals surface area contributed by atoms with Crippen LogP contribution in [0, 0.1) is 0 Å². The molecule has 0 saturated heterocycles. The van der Waals surface area contributed by atoms with Crippen LogP contribution < -0.4 is 10.6 Å². The van der Waals surface area contributed by atoms with Crippen molar-refractivity contribution in [1.82, 2.24) is 0 Å². The minimum atomic E-state index is -0.365. The first-order valence-corrected chi connectivity index (χ1v) is 8.21. The molecule has 1 aromatic heterocycles. The lowest BCUT2D eigenvalue weighted by atomic mass is 10.1. The molecule has 24 heavy (non-hydrogen) atoms. The molecule has 0 spiro atoms. The van der Waals surface area contributed by atoms with Crippen molar-refractivity contribution in [2.45, 2.75) is 6.92 Å². The predicted octanol–water partition coefficient (Wildman–Crippen LogP) is 5.01. The van der Waals surface area contributed by atoms with Gasteiger partial charge in [0.2, 0.25) is 5.78 Å². The molecular weight excluding hydrogens is 347 g/mol. The fraction of sp³-hybridized carbons (Fsp3) is 0.167. The summed E-state index contributed by atoms with van der Waals surface area (Å²) in [7, 11) is 1.98. The molecule has 0 amide bonds. The number of nitrogen functional groups attached to an aromatic ring is 1. The van der Waals surface area contributed by atoms with Gasteiger partial charge in [-0.25, -0.2) is 0 Å². The number of halogens is 2. The molecule has 4 nitrogen and oxygen atoms in total. The molecule has 0 aliphatic rings. The Balaban J connectivity index is 2.09. The summed E-state index contributed by atoms with van der Waals surface area (Å²) in [6.07, 6.45) is 0. The van der Waals surface area contributed by atoms with Gasteiger partial charge in [0.15, 0.2) is 5.76 Å². The zero-order chi connectivity index (χ0) is 17.4. The molecule has 0 radical (unpaired) electrons. The van der Waals surface area contributed by atoms with Crippen LogP contribution in [0.4, 0.5) is 11.4 Å². The van der Waals surface area contributed by atoms with E-state index in [2.05, 4.69) is 11.8 Å². The van der Waals surface area contributed by atoms with E-state index < -0.39 is 0 Å². The van der Waals surface area contributed by atoms with Crippen LogP contribution in [0.25, 0.3) is 11.0 Å². The zero-order valence-corrected chi connectivity index (χ0v) is 14.8. The van der Waals surface area contributed by atoms with Crippen LogP contribution in [-0.4, -0.2) is 19.4 Å². The summed E-state index contributed by atoms with van der Waals surface area (Å²) in [5.74, 6) is -0.277. The van der Waals surface area contributed by atoms with E-state index in [1.54, 1.807) is 12.1 Å². The van der Waals surface area contributed by atoms with Crippen LogP contribution in [0.1, 0.15) is 23.0 Å². The highest BCUT2D eigenvalue weighted by molar-refractivity contribution is 6.37. The average molecular weight is 363 g/mol. The van der Waals surface area contributed by atoms with E-state index in [-0.39, 0.29) is 16.6 Å². The van der Waals surface area contributed by atoms with E-state index in [9.17, 15) is 4.79 Å². The summed E-state index contributed by atoms with van der Waals surface area (Å²) in [6.45, 7) is 2.91. The van der Waals surface area contributed by atoms with Gasteiger partial charge in [-0.1, -0.05) is 23.2 Å². The molecule has 124 valence electrons. The van der Waals surface area contributed by atoms with E-state index in [1.165, 1.54) is 6.07 Å². The Morgan fingerprint density at radius 3 is 2.62 bits per heavy atom. The molecule has 1 heterocycles. The largest absolute Gasteiger partial charge is 0.450 e. The molecular formula is C18H16Cl2N2O2. The van der Waals surface area contributed by atoms with Crippen molar-refractivity contribution in [2.75, 3.05) is 24.2 Å². The summed E-state index contributed by atoms with van der Waals surface area (Å²) in [5, 5.41) is 1.43. The number of hydrogen-bond acceptors (Lipinski definition) is 4. The van der Waals surface area contributed by atoms with Crippen LogP contribution in [0.15, 0.2) is 40.8 Å². The van der Waals surface area contributed by atoms with Crippen molar-refractivity contribution in [3.63, 3.8) is 0 Å². The predicted molar refractivity (Wildman–Crippen MR) is 99.5 cm³/mol. The van der Waals surface area contributed by atoms with Crippen molar-refractivity contribution in [2.24, 2.45) is 0 Å². The lowest BCUT2D eigenvalue weighted by molar-refractivity contribution is 0.101. The highest BCUT2D eigenvalue weighted by atomic mass is 35.5. The van der Waals surface area contributed by atoms with Gasteiger partial charge < -0.3 is 15.1 Å². The Morgan fingerprint density at radius 2 is 1.96 bits per heavy atom. The fourth-order valence-electron chi connectivity index (χ4n) is 2.49. The summed E-state index contributed by atoms with van der Waals surface area (Å²) in [5.41, 5.74) is 8.29. The lowest BCUT2D eigenvalue weighted by Gasteiger charge is -2.16. The molecule has 0 saturated carbocycles. The summed E-state index contributed by atoms with van der Waals surface area (Å²) in [6, 6.07) is 10.4. The van der Waals surface area contributed by atoms with Crippen LogP contribution >= 0.6 is 23.2 Å². The number of anilines is 2. The monoisotopic (exact) mass is 362 g/mol. The second kappa shape index (κ2) is 6.38. The topological polar surface area (TPSA) is 59.5 Å². The molecule has 0 atom stereocenters. The number of hydrogen-bond donors (Lipinski definition) is 1. The van der Waals surface area contributed by atoms with Gasteiger partial charge in [0.05, 0.1) is 10.7 Å². The van der Waals surface area contributed by atoms with Gasteiger partial charge >= 0.3 is 0 Å². The minimum Gasteiger partial charge on any atom is -0.450 e. The van der Waals surface area contributed by atoms with Gasteiger partial charge in [-0.15, -0.1) is 0 Å². The number of nitrogens with zero attached hydrogens (tertiary/aromatic N) is 1. The number of carbonyl (C=O) groups excluding carboxylic acids is 1. The Bertz CT molecular complexity index is 934. The summed E-state index contributed by atoms with van der Waals surface area (Å²) < 4.78 is 5.74. The van der Waals surface area contributed by atoms with Gasteiger partial charge in [0.25, 0.3) is 0 Å². The highest BCUT2D eigenvalue weighted by Crippen LogP contribution is 2.34. The smallest absolute Gasteiger partial charge is 0.231 e. The number of fused-ring (bicyclic) bond motifs is 1. The van der Waals surface area contributed by atoms with E-state index in [0.29, 0.717) is 27.2 Å². The molecule has 2 aromatic carbocycles. The standard InChI is InChI=1S/C18H16Cl2N2O2/c1-3-22(2)11-5-7-13-15(9-11)24-18(16(13)21)17(23)12-6-4-10(19)8-14(12)20/h4-9H,3,21H2,1-2H3. The fourth-order valence-corrected chi connectivity index (χ4v) is 2.98. The van der Waals surface area contributed by atoms with Gasteiger partial charge in [-0.2, -0.15) is 0 Å². The average Bonchev–Trinajstić information content (AvgIpc) is 2.90. The van der Waals surface area contributed by atoms with Crippen LogP contribution in [-0.2, 0) is 0 Å². The minimum absolute atomic E-state index is 0.0884. The van der Waals surface area contributed by atoms with E-state index >= 15 is 0 Å². The van der Waals surface area contributed by atoms with Crippen LogP contribution in [0.3, 0.4) is 0 Å². The quantitative estimate of drug-likeness (QED) is 0.662. The van der Waals surface area contributed by atoms with Crippen molar-refractivity contribution in [3.8, 4) is 0 Å². The SMILES string of the molecule is CCN(C)c1ccc2c(N)c(C(=O)c3ccc(Cl)cc3Cl)oc2c1. The van der Waals surface area contributed by atoms with Gasteiger partial charge in [-0.05, 0) is 37.3 Å². The van der Waals surface area contributed by atoms with E-state index in [0.717, 1.165) is 12.2 Å². The number of furan rings is 1. The molecule has 3 aromatic rings. The first kappa shape index (κ1) is 16.7. The first-order valence-electron chi connectivity index (χ1n) is 7.45. The number of nitrogens with two attached hydrogens (primary N) is 1. The van der Waals surface area contributed by atoms with Gasteiger partial charge in [-0.3, -0.25) is 4.79 Å². The molecule has 0 bridgehead atoms. The summed E-state index contributed by atoms with van der Waals surface area (Å²) >= 11 is 12.0. The van der Waals surface area contributed by atoms with Crippen LogP contribution in [0.5, 0.6) is 0 Å². The molecule has 2 N–H and O–H groups in total. The lowest BCUT2D eigenvalue weighted by Crippen LogP contribution is -2.15. The summed E-state index contributed by atoms with van der Waals surface area (Å²) in [4.78, 5) is 14.8. The third kappa shape index (κ3) is 2.83. The Morgan fingerprint density at radius 1 is 1.21 bits per heavy atom. The Labute approximate surface area is 149 Å². The van der Waals surface area contributed by atoms with Crippen molar-refractivity contribution in [1.29, 1.82) is 0 Å². The van der Waals surface area contributed by atoms with Crippen molar-refractivity contribution in [3.05, 3.63) is 57.8 Å². The second-order valence-electron chi connectivity index (χ2n) is 5.49. The third-order valence-corrected chi connectivity index (χ3v) is 4.56. The first-order chi connectivity index (χ1) is 11.4. The molecule has 0 aliphatic heterocycles. The van der Waals surface area contributed by atoms with Gasteiger partial charge in [0, 0.05) is 41.3 Å². The normalized spacial score (nSPS) is 11.0. The molecule has 3 rings (SSSR count). The Hall–Kier alpha value is -2.17. The molecule has 0 unspecified atom stereocenters. The zero-order valence-electron chi connectivity index (χ0n) is 13.3. The van der Waals surface area contributed by atoms with E-state index in [4.69, 9.17) is 33.4 Å².